The predicted octanol–water partition coefficient (Wildman–Crippen LogP) is 1.12. The zero-order chi connectivity index (χ0) is 11.8. The molecule has 15 heavy (non-hydrogen) atoms. The van der Waals surface area contributed by atoms with Gasteiger partial charge in [-0.2, -0.15) is 0 Å². The molecule has 1 N–H and O–H groups in total. The molecular formula is C11H24N2O2. The molecule has 0 heterocycles. The Morgan fingerprint density at radius 3 is 2.33 bits per heavy atom. The maximum atomic E-state index is 10.6. The summed E-state index contributed by atoms with van der Waals surface area (Å²) in [6, 6.07) is 0.134. The number of hydrogen-bond acceptors (Lipinski definition) is 3. The third-order valence-electron chi connectivity index (χ3n) is 2.55. The van der Waals surface area contributed by atoms with E-state index in [0.29, 0.717) is 0 Å². The van der Waals surface area contributed by atoms with Crippen LogP contribution in [0.25, 0.3) is 0 Å². The Morgan fingerprint density at radius 1 is 1.33 bits per heavy atom. The summed E-state index contributed by atoms with van der Waals surface area (Å²) < 4.78 is 0. The molecule has 0 aromatic carbocycles. The Hall–Kier alpha value is -0.610. The first-order valence-corrected chi connectivity index (χ1v) is 5.58. The summed E-state index contributed by atoms with van der Waals surface area (Å²) in [7, 11) is 4.11. The Balaban J connectivity index is 3.84. The van der Waals surface area contributed by atoms with Crippen LogP contribution in [0.5, 0.6) is 0 Å². The molecule has 0 rings (SSSR count). The first-order valence-electron chi connectivity index (χ1n) is 5.58. The van der Waals surface area contributed by atoms with Gasteiger partial charge in [-0.1, -0.05) is 6.92 Å². The molecule has 90 valence electrons. The highest BCUT2D eigenvalue weighted by Crippen LogP contribution is 2.04. The van der Waals surface area contributed by atoms with E-state index < -0.39 is 5.97 Å². The van der Waals surface area contributed by atoms with Gasteiger partial charge in [-0.05, 0) is 47.1 Å². The molecule has 0 aromatic rings. The zero-order valence-corrected chi connectivity index (χ0v) is 10.4. The van der Waals surface area contributed by atoms with Crippen LogP contribution in [0.4, 0.5) is 0 Å². The van der Waals surface area contributed by atoms with E-state index in [0.717, 1.165) is 26.1 Å². The lowest BCUT2D eigenvalue weighted by molar-refractivity contribution is -0.138. The highest BCUT2D eigenvalue weighted by atomic mass is 16.4. The van der Waals surface area contributed by atoms with E-state index in [-0.39, 0.29) is 12.5 Å². The van der Waals surface area contributed by atoms with Crippen LogP contribution < -0.4 is 0 Å². The van der Waals surface area contributed by atoms with E-state index >= 15 is 0 Å². The van der Waals surface area contributed by atoms with Crippen LogP contribution in [-0.4, -0.2) is 60.6 Å². The van der Waals surface area contributed by atoms with Crippen molar-refractivity contribution in [3.63, 3.8) is 0 Å². The molecule has 0 saturated heterocycles. The first kappa shape index (κ1) is 14.4. The third-order valence-corrected chi connectivity index (χ3v) is 2.55. The molecule has 0 aliphatic carbocycles. The lowest BCUT2D eigenvalue weighted by atomic mass is 10.2. The van der Waals surface area contributed by atoms with Crippen LogP contribution in [0, 0.1) is 0 Å². The van der Waals surface area contributed by atoms with Crippen molar-refractivity contribution >= 4 is 5.97 Å². The number of nitrogens with zero attached hydrogens (tertiary/aromatic N) is 2. The van der Waals surface area contributed by atoms with Gasteiger partial charge in [0.1, 0.15) is 0 Å². The Morgan fingerprint density at radius 2 is 1.93 bits per heavy atom. The Labute approximate surface area is 92.9 Å². The summed E-state index contributed by atoms with van der Waals surface area (Å²) in [5.41, 5.74) is 0. The fourth-order valence-electron chi connectivity index (χ4n) is 1.66. The van der Waals surface area contributed by atoms with Crippen molar-refractivity contribution in [3.05, 3.63) is 0 Å². The smallest absolute Gasteiger partial charge is 0.304 e. The van der Waals surface area contributed by atoms with Crippen LogP contribution in [0.2, 0.25) is 0 Å². The molecule has 1 unspecified atom stereocenters. The Bertz CT molecular complexity index is 183. The van der Waals surface area contributed by atoms with Crippen LogP contribution >= 0.6 is 0 Å². The van der Waals surface area contributed by atoms with Crippen molar-refractivity contribution in [3.8, 4) is 0 Å². The van der Waals surface area contributed by atoms with Crippen LogP contribution in [-0.2, 0) is 4.79 Å². The van der Waals surface area contributed by atoms with Gasteiger partial charge >= 0.3 is 5.97 Å². The second kappa shape index (κ2) is 7.65. The molecule has 0 amide bonds. The van der Waals surface area contributed by atoms with Gasteiger partial charge in [0.25, 0.3) is 0 Å². The van der Waals surface area contributed by atoms with Crippen LogP contribution in [0.15, 0.2) is 0 Å². The third kappa shape index (κ3) is 7.33. The van der Waals surface area contributed by atoms with Gasteiger partial charge in [-0.3, -0.25) is 4.79 Å². The fourth-order valence-corrected chi connectivity index (χ4v) is 1.66. The standard InChI is InChI=1S/C11H24N2O2/c1-5-13(8-6-7-12(3)4)10(2)9-11(14)15/h10H,5-9H2,1-4H3,(H,14,15). The summed E-state index contributed by atoms with van der Waals surface area (Å²) in [5, 5.41) is 8.71. The maximum absolute atomic E-state index is 10.6. The van der Waals surface area contributed by atoms with Crippen molar-refractivity contribution in [2.45, 2.75) is 32.7 Å². The van der Waals surface area contributed by atoms with Gasteiger partial charge in [-0.15, -0.1) is 0 Å². The number of rotatable bonds is 8. The number of carboxylic acids is 1. The van der Waals surface area contributed by atoms with Gasteiger partial charge in [0, 0.05) is 6.04 Å². The Kier molecular flexibility index (Phi) is 7.34. The highest BCUT2D eigenvalue weighted by Gasteiger charge is 2.14. The van der Waals surface area contributed by atoms with Crippen molar-refractivity contribution in [1.82, 2.24) is 9.80 Å². The minimum absolute atomic E-state index is 0.134. The molecule has 1 atom stereocenters. The fraction of sp³-hybridized carbons (Fsp3) is 0.909. The summed E-state index contributed by atoms with van der Waals surface area (Å²) in [6.07, 6.45) is 1.32. The molecular weight excluding hydrogens is 192 g/mol. The van der Waals surface area contributed by atoms with Crippen molar-refractivity contribution in [2.75, 3.05) is 33.7 Å². The van der Waals surface area contributed by atoms with Gasteiger partial charge in [0.2, 0.25) is 0 Å². The average molecular weight is 216 g/mol. The number of aliphatic carboxylic acids is 1. The lowest BCUT2D eigenvalue weighted by Crippen LogP contribution is -2.36. The number of carbonyl (C=O) groups is 1. The first-order chi connectivity index (χ1) is 6.97. The van der Waals surface area contributed by atoms with E-state index in [1.165, 1.54) is 0 Å². The molecule has 0 bridgehead atoms. The summed E-state index contributed by atoms with van der Waals surface area (Å²) in [4.78, 5) is 14.9. The lowest BCUT2D eigenvalue weighted by Gasteiger charge is -2.27. The summed E-state index contributed by atoms with van der Waals surface area (Å²) in [6.45, 7) is 7.00. The number of hydrogen-bond donors (Lipinski definition) is 1. The molecule has 0 aliphatic rings. The van der Waals surface area contributed by atoms with Gasteiger partial charge in [0.15, 0.2) is 0 Å². The summed E-state index contributed by atoms with van der Waals surface area (Å²) >= 11 is 0. The predicted molar refractivity (Wildman–Crippen MR) is 62.1 cm³/mol. The molecule has 0 aromatic heterocycles. The van der Waals surface area contributed by atoms with E-state index in [1.54, 1.807) is 0 Å². The molecule has 0 spiro atoms. The maximum Gasteiger partial charge on any atom is 0.304 e. The van der Waals surface area contributed by atoms with Crippen molar-refractivity contribution in [1.29, 1.82) is 0 Å². The molecule has 0 saturated carbocycles. The van der Waals surface area contributed by atoms with E-state index in [4.69, 9.17) is 5.11 Å². The highest BCUT2D eigenvalue weighted by molar-refractivity contribution is 5.67. The van der Waals surface area contributed by atoms with E-state index in [1.807, 2.05) is 6.92 Å². The molecule has 4 heteroatoms. The monoisotopic (exact) mass is 216 g/mol. The van der Waals surface area contributed by atoms with Crippen LogP contribution in [0.3, 0.4) is 0 Å². The quantitative estimate of drug-likeness (QED) is 0.660. The van der Waals surface area contributed by atoms with Gasteiger partial charge < -0.3 is 14.9 Å². The van der Waals surface area contributed by atoms with Crippen LogP contribution in [0.1, 0.15) is 26.7 Å². The minimum Gasteiger partial charge on any atom is -0.481 e. The van der Waals surface area contributed by atoms with Gasteiger partial charge in [0.05, 0.1) is 6.42 Å². The molecule has 0 aliphatic heterocycles. The van der Waals surface area contributed by atoms with Crippen molar-refractivity contribution in [2.24, 2.45) is 0 Å². The van der Waals surface area contributed by atoms with E-state index in [9.17, 15) is 4.79 Å². The molecule has 0 fully saturated rings. The normalized spacial score (nSPS) is 13.5. The minimum atomic E-state index is -0.714. The molecule has 4 nitrogen and oxygen atoms in total. The zero-order valence-electron chi connectivity index (χ0n) is 10.4. The average Bonchev–Trinajstić information content (AvgIpc) is 2.10. The van der Waals surface area contributed by atoms with Crippen molar-refractivity contribution < 1.29 is 9.90 Å². The second-order valence-electron chi connectivity index (χ2n) is 4.23. The second-order valence-corrected chi connectivity index (χ2v) is 4.23. The largest absolute Gasteiger partial charge is 0.481 e. The SMILES string of the molecule is CCN(CCCN(C)C)C(C)CC(=O)O. The summed E-state index contributed by atoms with van der Waals surface area (Å²) in [5.74, 6) is -0.714. The van der Waals surface area contributed by atoms with Gasteiger partial charge in [-0.25, -0.2) is 0 Å². The topological polar surface area (TPSA) is 43.8 Å². The number of carboxylic acid groups (broad SMARTS) is 1. The molecule has 0 radical (unpaired) electrons. The van der Waals surface area contributed by atoms with E-state index in [2.05, 4.69) is 30.8 Å².